The average Bonchev–Trinajstić information content (AvgIpc) is 2.67. The zero-order valence-electron chi connectivity index (χ0n) is 8.61. The Labute approximate surface area is 107 Å². The first-order valence-corrected chi connectivity index (χ1v) is 5.87. The number of benzene rings is 1. The molecule has 0 bridgehead atoms. The van der Waals surface area contributed by atoms with Crippen LogP contribution in [0, 0.1) is 0 Å². The van der Waals surface area contributed by atoms with E-state index in [2.05, 4.69) is 31.6 Å². The molecule has 1 aromatic heterocycles. The minimum Gasteiger partial charge on any atom is -0.378 e. The van der Waals surface area contributed by atoms with E-state index in [1.807, 2.05) is 31.4 Å². The Morgan fingerprint density at radius 2 is 2.31 bits per heavy atom. The minimum atomic E-state index is 0.618. The fourth-order valence-corrected chi connectivity index (χ4v) is 1.88. The zero-order chi connectivity index (χ0) is 11.5. The summed E-state index contributed by atoms with van der Waals surface area (Å²) in [4.78, 5) is 0. The predicted octanol–water partition coefficient (Wildman–Crippen LogP) is 2.84. The summed E-state index contributed by atoms with van der Waals surface area (Å²) in [5, 5.41) is 11.8. The van der Waals surface area contributed by atoms with E-state index < -0.39 is 0 Å². The molecule has 6 heteroatoms. The molecule has 1 aromatic carbocycles. The highest BCUT2D eigenvalue weighted by Crippen LogP contribution is 2.30. The van der Waals surface area contributed by atoms with Gasteiger partial charge < -0.3 is 5.32 Å². The van der Waals surface area contributed by atoms with Crippen LogP contribution in [0.15, 0.2) is 28.9 Å². The van der Waals surface area contributed by atoms with Crippen LogP contribution in [0.5, 0.6) is 0 Å². The largest absolute Gasteiger partial charge is 0.378 e. The number of anilines is 1. The topological polar surface area (TPSA) is 42.7 Å². The molecule has 2 rings (SSSR count). The first kappa shape index (κ1) is 11.4. The summed E-state index contributed by atoms with van der Waals surface area (Å²) in [6.07, 6.45) is 1.87. The number of aryl methyl sites for hydroxylation is 1. The molecule has 2 aromatic rings. The van der Waals surface area contributed by atoms with E-state index in [0.717, 1.165) is 15.9 Å². The zero-order valence-corrected chi connectivity index (χ0v) is 11.0. The predicted molar refractivity (Wildman–Crippen MR) is 67.5 cm³/mol. The van der Waals surface area contributed by atoms with Gasteiger partial charge in [0.15, 0.2) is 0 Å². The maximum atomic E-state index is 5.98. The van der Waals surface area contributed by atoms with Gasteiger partial charge in [0.25, 0.3) is 0 Å². The summed E-state index contributed by atoms with van der Waals surface area (Å²) in [6.45, 7) is 0.618. The van der Waals surface area contributed by atoms with Crippen molar-refractivity contribution in [1.29, 1.82) is 0 Å². The summed E-state index contributed by atoms with van der Waals surface area (Å²) in [7, 11) is 1.84. The number of halogens is 2. The fraction of sp³-hybridized carbons (Fsp3) is 0.200. The van der Waals surface area contributed by atoms with E-state index in [1.54, 1.807) is 4.68 Å². The van der Waals surface area contributed by atoms with E-state index in [4.69, 9.17) is 11.6 Å². The van der Waals surface area contributed by atoms with Crippen molar-refractivity contribution in [3.05, 3.63) is 39.6 Å². The molecule has 0 spiro atoms. The monoisotopic (exact) mass is 300 g/mol. The summed E-state index contributed by atoms with van der Waals surface area (Å²) < 4.78 is 2.53. The second kappa shape index (κ2) is 4.84. The summed E-state index contributed by atoms with van der Waals surface area (Å²) in [5.74, 6) is 0. The number of hydrogen-bond acceptors (Lipinski definition) is 3. The Hall–Kier alpha value is -1.07. The molecule has 1 heterocycles. The summed E-state index contributed by atoms with van der Waals surface area (Å²) in [5.41, 5.74) is 1.83. The summed E-state index contributed by atoms with van der Waals surface area (Å²) >= 11 is 9.40. The normalized spacial score (nSPS) is 10.4. The van der Waals surface area contributed by atoms with Crippen molar-refractivity contribution in [3.8, 4) is 0 Å². The van der Waals surface area contributed by atoms with Gasteiger partial charge in [0, 0.05) is 13.2 Å². The van der Waals surface area contributed by atoms with Gasteiger partial charge in [-0.05, 0) is 28.1 Å². The number of rotatable bonds is 3. The van der Waals surface area contributed by atoms with Crippen molar-refractivity contribution >= 4 is 33.2 Å². The van der Waals surface area contributed by atoms with Crippen molar-refractivity contribution in [1.82, 2.24) is 15.0 Å². The third-order valence-corrected chi connectivity index (χ3v) is 3.46. The molecule has 0 atom stereocenters. The van der Waals surface area contributed by atoms with Crippen LogP contribution >= 0.6 is 27.5 Å². The molecule has 0 radical (unpaired) electrons. The lowest BCUT2D eigenvalue weighted by molar-refractivity contribution is 0.713. The quantitative estimate of drug-likeness (QED) is 0.948. The summed E-state index contributed by atoms with van der Waals surface area (Å²) in [6, 6.07) is 5.68. The first-order chi connectivity index (χ1) is 7.66. The number of nitrogens with one attached hydrogen (secondary N) is 1. The van der Waals surface area contributed by atoms with Gasteiger partial charge >= 0.3 is 0 Å². The molecular weight excluding hydrogens is 291 g/mol. The van der Waals surface area contributed by atoms with Gasteiger partial charge in [-0.3, -0.25) is 4.68 Å². The Bertz CT molecular complexity index is 497. The molecule has 0 aliphatic carbocycles. The Morgan fingerprint density at radius 1 is 1.50 bits per heavy atom. The maximum Gasteiger partial charge on any atom is 0.102 e. The second-order valence-electron chi connectivity index (χ2n) is 3.34. The Morgan fingerprint density at radius 3 is 3.00 bits per heavy atom. The van der Waals surface area contributed by atoms with Crippen molar-refractivity contribution in [2.75, 3.05) is 5.32 Å². The lowest BCUT2D eigenvalue weighted by atomic mass is 10.3. The molecule has 0 aliphatic rings. The molecule has 16 heavy (non-hydrogen) atoms. The molecular formula is C10H10BrClN4. The van der Waals surface area contributed by atoms with Crippen LogP contribution in [0.2, 0.25) is 5.02 Å². The van der Waals surface area contributed by atoms with E-state index >= 15 is 0 Å². The van der Waals surface area contributed by atoms with Crippen LogP contribution in [-0.4, -0.2) is 15.0 Å². The fourth-order valence-electron chi connectivity index (χ4n) is 1.30. The van der Waals surface area contributed by atoms with Gasteiger partial charge in [-0.2, -0.15) is 0 Å². The Balaban J connectivity index is 2.07. The SMILES string of the molecule is Cn1cc(CNc2cccc(Cl)c2Br)nn1. The third-order valence-electron chi connectivity index (χ3n) is 2.06. The maximum absolute atomic E-state index is 5.98. The van der Waals surface area contributed by atoms with Crippen molar-refractivity contribution in [2.24, 2.45) is 7.05 Å². The van der Waals surface area contributed by atoms with E-state index in [0.29, 0.717) is 11.6 Å². The molecule has 0 aliphatic heterocycles. The van der Waals surface area contributed by atoms with Crippen molar-refractivity contribution in [2.45, 2.75) is 6.54 Å². The second-order valence-corrected chi connectivity index (χ2v) is 4.54. The number of nitrogens with zero attached hydrogens (tertiary/aromatic N) is 3. The van der Waals surface area contributed by atoms with Crippen molar-refractivity contribution < 1.29 is 0 Å². The lowest BCUT2D eigenvalue weighted by Gasteiger charge is -2.07. The van der Waals surface area contributed by atoms with Crippen molar-refractivity contribution in [3.63, 3.8) is 0 Å². The van der Waals surface area contributed by atoms with Gasteiger partial charge in [0.05, 0.1) is 21.7 Å². The molecule has 4 nitrogen and oxygen atoms in total. The van der Waals surface area contributed by atoms with Crippen LogP contribution in [0.1, 0.15) is 5.69 Å². The van der Waals surface area contributed by atoms with E-state index in [9.17, 15) is 0 Å². The molecule has 0 saturated heterocycles. The van der Waals surface area contributed by atoms with Gasteiger partial charge in [-0.25, -0.2) is 0 Å². The van der Waals surface area contributed by atoms with E-state index in [-0.39, 0.29) is 0 Å². The van der Waals surface area contributed by atoms with Crippen LogP contribution in [0.25, 0.3) is 0 Å². The highest BCUT2D eigenvalue weighted by atomic mass is 79.9. The van der Waals surface area contributed by atoms with Gasteiger partial charge in [0.1, 0.15) is 5.69 Å². The van der Waals surface area contributed by atoms with Crippen LogP contribution in [0.4, 0.5) is 5.69 Å². The van der Waals surface area contributed by atoms with Gasteiger partial charge in [0.2, 0.25) is 0 Å². The van der Waals surface area contributed by atoms with Gasteiger partial charge in [-0.15, -0.1) is 5.10 Å². The lowest BCUT2D eigenvalue weighted by Crippen LogP contribution is -2.00. The molecule has 0 fully saturated rings. The molecule has 84 valence electrons. The van der Waals surface area contributed by atoms with E-state index in [1.165, 1.54) is 0 Å². The molecule has 1 N–H and O–H groups in total. The molecule has 0 amide bonds. The smallest absolute Gasteiger partial charge is 0.102 e. The molecule has 0 saturated carbocycles. The van der Waals surface area contributed by atoms with Gasteiger partial charge in [-0.1, -0.05) is 22.9 Å². The minimum absolute atomic E-state index is 0.618. The van der Waals surface area contributed by atoms with Crippen LogP contribution < -0.4 is 5.32 Å². The van der Waals surface area contributed by atoms with Crippen LogP contribution in [0.3, 0.4) is 0 Å². The molecule has 0 unspecified atom stereocenters. The highest BCUT2D eigenvalue weighted by Gasteiger charge is 2.04. The number of hydrogen-bond donors (Lipinski definition) is 1. The van der Waals surface area contributed by atoms with Crippen LogP contribution in [-0.2, 0) is 13.6 Å². The Kier molecular flexibility index (Phi) is 3.46. The average molecular weight is 302 g/mol. The third kappa shape index (κ3) is 2.54. The number of aromatic nitrogens is 3. The highest BCUT2D eigenvalue weighted by molar-refractivity contribution is 9.10. The first-order valence-electron chi connectivity index (χ1n) is 4.70. The standard InChI is InChI=1S/C10H10BrClN4/c1-16-6-7(14-15-16)5-13-9-4-2-3-8(12)10(9)11/h2-4,6,13H,5H2,1H3.